The molecular formula is C13H19N3O. The van der Waals surface area contributed by atoms with Crippen LogP contribution in [-0.4, -0.2) is 17.1 Å². The van der Waals surface area contributed by atoms with Gasteiger partial charge >= 0.3 is 0 Å². The van der Waals surface area contributed by atoms with Crippen LogP contribution in [-0.2, 0) is 6.54 Å². The number of nitrogens with zero attached hydrogens (tertiary/aromatic N) is 1. The minimum atomic E-state index is 0.168. The lowest BCUT2D eigenvalue weighted by Gasteiger charge is -2.14. The lowest BCUT2D eigenvalue weighted by molar-refractivity contribution is 0.318. The molecule has 0 saturated heterocycles. The highest BCUT2D eigenvalue weighted by Gasteiger charge is 2.27. The topological polar surface area (TPSA) is 70.6 Å². The molecule has 4 N–H and O–H groups in total. The monoisotopic (exact) mass is 233 g/mol. The van der Waals surface area contributed by atoms with E-state index in [9.17, 15) is 0 Å². The molecule has 0 heterocycles. The van der Waals surface area contributed by atoms with E-state index in [-0.39, 0.29) is 5.84 Å². The second kappa shape index (κ2) is 5.19. The summed E-state index contributed by atoms with van der Waals surface area (Å²) in [5.74, 6) is 0.993. The summed E-state index contributed by atoms with van der Waals surface area (Å²) >= 11 is 0. The highest BCUT2D eigenvalue weighted by molar-refractivity contribution is 5.98. The Morgan fingerprint density at radius 3 is 2.88 bits per heavy atom. The van der Waals surface area contributed by atoms with Crippen molar-refractivity contribution in [2.24, 2.45) is 16.8 Å². The van der Waals surface area contributed by atoms with E-state index in [1.54, 1.807) is 0 Å². The van der Waals surface area contributed by atoms with Gasteiger partial charge in [0.25, 0.3) is 0 Å². The van der Waals surface area contributed by atoms with Crippen LogP contribution in [0.25, 0.3) is 0 Å². The van der Waals surface area contributed by atoms with Gasteiger partial charge in [-0.25, -0.2) is 0 Å². The molecule has 0 bridgehead atoms. The van der Waals surface area contributed by atoms with Crippen molar-refractivity contribution in [3.63, 3.8) is 0 Å². The Morgan fingerprint density at radius 1 is 1.53 bits per heavy atom. The van der Waals surface area contributed by atoms with Gasteiger partial charge in [0.1, 0.15) is 0 Å². The van der Waals surface area contributed by atoms with E-state index < -0.39 is 0 Å². The molecule has 1 saturated carbocycles. The Bertz CT molecular complexity index is 413. The smallest absolute Gasteiger partial charge is 0.170 e. The summed E-state index contributed by atoms with van der Waals surface area (Å²) in [4.78, 5) is 0. The summed E-state index contributed by atoms with van der Waals surface area (Å²) in [6.07, 6.45) is 2.66. The van der Waals surface area contributed by atoms with Crippen molar-refractivity contribution in [3.8, 4) is 0 Å². The Hall–Kier alpha value is -1.55. The first-order chi connectivity index (χ1) is 8.22. The molecule has 0 spiro atoms. The average Bonchev–Trinajstić information content (AvgIpc) is 3.19. The third-order valence-corrected chi connectivity index (χ3v) is 3.34. The molecule has 1 fully saturated rings. The van der Waals surface area contributed by atoms with Crippen molar-refractivity contribution >= 4 is 5.84 Å². The molecule has 92 valence electrons. The van der Waals surface area contributed by atoms with Gasteiger partial charge in [-0.15, -0.1) is 0 Å². The Kier molecular flexibility index (Phi) is 3.64. The molecule has 4 nitrogen and oxygen atoms in total. The van der Waals surface area contributed by atoms with E-state index in [0.717, 1.165) is 23.6 Å². The molecule has 1 aromatic carbocycles. The molecule has 1 aliphatic rings. The summed E-state index contributed by atoms with van der Waals surface area (Å²) in [6, 6.07) is 8.26. The van der Waals surface area contributed by atoms with Crippen molar-refractivity contribution in [3.05, 3.63) is 35.4 Å². The molecule has 17 heavy (non-hydrogen) atoms. The van der Waals surface area contributed by atoms with Gasteiger partial charge in [-0.2, -0.15) is 0 Å². The van der Waals surface area contributed by atoms with Gasteiger partial charge in [0.05, 0.1) is 0 Å². The second-order valence-electron chi connectivity index (χ2n) is 4.65. The zero-order valence-electron chi connectivity index (χ0n) is 10.1. The number of rotatable bonds is 5. The van der Waals surface area contributed by atoms with Crippen LogP contribution >= 0.6 is 0 Å². The average molecular weight is 233 g/mol. The molecule has 0 aliphatic heterocycles. The fourth-order valence-corrected chi connectivity index (χ4v) is 2.01. The number of benzene rings is 1. The van der Waals surface area contributed by atoms with Crippen LogP contribution in [0.1, 0.15) is 30.9 Å². The number of nitrogens with two attached hydrogens (primary N) is 1. The lowest BCUT2D eigenvalue weighted by atomic mass is 10.1. The fourth-order valence-electron chi connectivity index (χ4n) is 2.01. The van der Waals surface area contributed by atoms with E-state index in [0.29, 0.717) is 6.04 Å². The third-order valence-electron chi connectivity index (χ3n) is 3.34. The van der Waals surface area contributed by atoms with Gasteiger partial charge in [0, 0.05) is 18.2 Å². The molecule has 1 atom stereocenters. The highest BCUT2D eigenvalue weighted by Crippen LogP contribution is 2.32. The van der Waals surface area contributed by atoms with E-state index in [1.807, 2.05) is 24.3 Å². The Morgan fingerprint density at radius 2 is 2.24 bits per heavy atom. The predicted octanol–water partition coefficient (Wildman–Crippen LogP) is 1.67. The molecule has 0 radical (unpaired) electrons. The van der Waals surface area contributed by atoms with Crippen LogP contribution in [0.5, 0.6) is 0 Å². The zero-order valence-corrected chi connectivity index (χ0v) is 10.1. The molecule has 1 unspecified atom stereocenters. The molecule has 2 rings (SSSR count). The number of amidine groups is 1. The minimum absolute atomic E-state index is 0.168. The van der Waals surface area contributed by atoms with Gasteiger partial charge in [0.15, 0.2) is 5.84 Å². The summed E-state index contributed by atoms with van der Waals surface area (Å²) in [5.41, 5.74) is 7.51. The summed E-state index contributed by atoms with van der Waals surface area (Å²) in [5, 5.41) is 15.3. The van der Waals surface area contributed by atoms with Crippen LogP contribution < -0.4 is 11.1 Å². The van der Waals surface area contributed by atoms with E-state index in [2.05, 4.69) is 17.4 Å². The molecular weight excluding hydrogens is 214 g/mol. The molecule has 0 amide bonds. The van der Waals surface area contributed by atoms with Crippen molar-refractivity contribution in [1.82, 2.24) is 5.32 Å². The maximum absolute atomic E-state index is 8.73. The summed E-state index contributed by atoms with van der Waals surface area (Å²) in [7, 11) is 0. The van der Waals surface area contributed by atoms with Gasteiger partial charge in [-0.1, -0.05) is 29.4 Å². The minimum Gasteiger partial charge on any atom is -0.409 e. The highest BCUT2D eigenvalue weighted by atomic mass is 16.4. The molecule has 0 aromatic heterocycles. The number of nitrogens with one attached hydrogen (secondary N) is 1. The SMILES string of the molecule is CC(NCc1ccccc1C(N)=NO)C1CC1. The largest absolute Gasteiger partial charge is 0.409 e. The first kappa shape index (κ1) is 11.9. The first-order valence-electron chi connectivity index (χ1n) is 6.01. The zero-order chi connectivity index (χ0) is 12.3. The number of hydrogen-bond acceptors (Lipinski definition) is 3. The summed E-state index contributed by atoms with van der Waals surface area (Å²) < 4.78 is 0. The van der Waals surface area contributed by atoms with Crippen LogP contribution in [0.2, 0.25) is 0 Å². The predicted molar refractivity (Wildman–Crippen MR) is 68.0 cm³/mol. The van der Waals surface area contributed by atoms with E-state index in [4.69, 9.17) is 10.9 Å². The van der Waals surface area contributed by atoms with Gasteiger partial charge in [-0.05, 0) is 31.2 Å². The fraction of sp³-hybridized carbons (Fsp3) is 0.462. The standard InChI is InChI=1S/C13H19N3O/c1-9(10-6-7-10)15-8-11-4-2-3-5-12(11)13(14)16-17/h2-5,9-10,15,17H,6-8H2,1H3,(H2,14,16). The molecule has 1 aliphatic carbocycles. The molecule has 1 aromatic rings. The van der Waals surface area contributed by atoms with Gasteiger partial charge < -0.3 is 16.3 Å². The van der Waals surface area contributed by atoms with Crippen molar-refractivity contribution < 1.29 is 5.21 Å². The van der Waals surface area contributed by atoms with Crippen LogP contribution in [0, 0.1) is 5.92 Å². The van der Waals surface area contributed by atoms with E-state index >= 15 is 0 Å². The lowest BCUT2D eigenvalue weighted by Crippen LogP contribution is -2.28. The summed E-state index contributed by atoms with van der Waals surface area (Å²) in [6.45, 7) is 2.97. The van der Waals surface area contributed by atoms with Gasteiger partial charge in [0.2, 0.25) is 0 Å². The van der Waals surface area contributed by atoms with Gasteiger partial charge in [-0.3, -0.25) is 0 Å². The van der Waals surface area contributed by atoms with Crippen LogP contribution in [0.15, 0.2) is 29.4 Å². The maximum atomic E-state index is 8.73. The second-order valence-corrected chi connectivity index (χ2v) is 4.65. The van der Waals surface area contributed by atoms with Crippen LogP contribution in [0.3, 0.4) is 0 Å². The third kappa shape index (κ3) is 2.97. The van der Waals surface area contributed by atoms with E-state index in [1.165, 1.54) is 12.8 Å². The number of oxime groups is 1. The van der Waals surface area contributed by atoms with Crippen molar-refractivity contribution in [1.29, 1.82) is 0 Å². The van der Waals surface area contributed by atoms with Crippen molar-refractivity contribution in [2.45, 2.75) is 32.4 Å². The maximum Gasteiger partial charge on any atom is 0.170 e. The quantitative estimate of drug-likeness (QED) is 0.313. The van der Waals surface area contributed by atoms with Crippen LogP contribution in [0.4, 0.5) is 0 Å². The molecule has 4 heteroatoms. The normalized spacial score (nSPS) is 18.1. The van der Waals surface area contributed by atoms with Crippen molar-refractivity contribution in [2.75, 3.05) is 0 Å². The Labute approximate surface area is 102 Å². The Balaban J connectivity index is 2.04. The first-order valence-corrected chi connectivity index (χ1v) is 6.01. The number of hydrogen-bond donors (Lipinski definition) is 3.